The molecule has 0 bridgehead atoms. The van der Waals surface area contributed by atoms with Crippen molar-refractivity contribution >= 4 is 38.3 Å². The number of rotatable bonds is 5. The van der Waals surface area contributed by atoms with Crippen LogP contribution in [0.15, 0.2) is 53.3 Å². The summed E-state index contributed by atoms with van der Waals surface area (Å²) in [6.45, 7) is 0.236. The molecule has 0 atom stereocenters. The normalized spacial score (nSPS) is 10.6. The number of fused-ring (bicyclic) bond motifs is 1. The van der Waals surface area contributed by atoms with Crippen molar-refractivity contribution in [2.24, 2.45) is 0 Å². The molecule has 0 aliphatic rings. The molecular weight excluding hydrogens is 346 g/mol. The quantitative estimate of drug-likeness (QED) is 0.729. The fourth-order valence-corrected chi connectivity index (χ4v) is 2.49. The molecule has 112 valence electrons. The molecule has 2 N–H and O–H groups in total. The molecule has 22 heavy (non-hydrogen) atoms. The minimum atomic E-state index is -0.0214. The Kier molecular flexibility index (Phi) is 4.50. The third-order valence-electron chi connectivity index (χ3n) is 3.05. The van der Waals surface area contributed by atoms with Crippen LogP contribution >= 0.6 is 15.9 Å². The van der Waals surface area contributed by atoms with Gasteiger partial charge in [0.25, 0.3) is 0 Å². The molecule has 0 amide bonds. The van der Waals surface area contributed by atoms with E-state index in [1.165, 1.54) is 6.33 Å². The summed E-state index contributed by atoms with van der Waals surface area (Å²) in [5, 5.41) is 13.0. The highest BCUT2D eigenvalue weighted by molar-refractivity contribution is 9.10. The standard InChI is InChI=1S/C16H14BrN3O2/c17-11-2-1-3-12(8-11)20-16-14-9-13(22-7-6-21)4-5-15(14)18-10-19-16/h1-5,8-10,21H,6-7H2,(H,18,19,20). The highest BCUT2D eigenvalue weighted by Gasteiger charge is 2.06. The fourth-order valence-electron chi connectivity index (χ4n) is 2.09. The first-order chi connectivity index (χ1) is 10.8. The predicted octanol–water partition coefficient (Wildman–Crippen LogP) is 3.51. The molecule has 0 unspecified atom stereocenters. The lowest BCUT2D eigenvalue weighted by atomic mass is 10.2. The summed E-state index contributed by atoms with van der Waals surface area (Å²) < 4.78 is 6.44. The Hall–Kier alpha value is -2.18. The molecule has 1 aromatic heterocycles. The van der Waals surface area contributed by atoms with Crippen LogP contribution in [0.3, 0.4) is 0 Å². The number of hydrogen-bond acceptors (Lipinski definition) is 5. The Bertz CT molecular complexity index is 795. The van der Waals surface area contributed by atoms with Gasteiger partial charge in [-0.25, -0.2) is 9.97 Å². The lowest BCUT2D eigenvalue weighted by Crippen LogP contribution is -2.02. The molecule has 2 aromatic carbocycles. The summed E-state index contributed by atoms with van der Waals surface area (Å²) >= 11 is 3.45. The van der Waals surface area contributed by atoms with Gasteiger partial charge in [-0.1, -0.05) is 22.0 Å². The van der Waals surface area contributed by atoms with Crippen molar-refractivity contribution in [3.8, 4) is 5.75 Å². The molecule has 5 nitrogen and oxygen atoms in total. The lowest BCUT2D eigenvalue weighted by molar-refractivity contribution is 0.201. The van der Waals surface area contributed by atoms with E-state index >= 15 is 0 Å². The first kappa shape index (κ1) is 14.7. The van der Waals surface area contributed by atoms with Crippen LogP contribution in [-0.4, -0.2) is 28.3 Å². The number of aromatic nitrogens is 2. The van der Waals surface area contributed by atoms with Crippen LogP contribution in [0.5, 0.6) is 5.75 Å². The summed E-state index contributed by atoms with van der Waals surface area (Å²) in [7, 11) is 0. The fraction of sp³-hybridized carbons (Fsp3) is 0.125. The second kappa shape index (κ2) is 6.72. The summed E-state index contributed by atoms with van der Waals surface area (Å²) in [5.74, 6) is 1.38. The molecular formula is C16H14BrN3O2. The van der Waals surface area contributed by atoms with E-state index in [0.29, 0.717) is 11.6 Å². The zero-order valence-electron chi connectivity index (χ0n) is 11.7. The highest BCUT2D eigenvalue weighted by atomic mass is 79.9. The van der Waals surface area contributed by atoms with E-state index < -0.39 is 0 Å². The Morgan fingerprint density at radius 3 is 2.86 bits per heavy atom. The Morgan fingerprint density at radius 2 is 2.05 bits per heavy atom. The van der Waals surface area contributed by atoms with Gasteiger partial charge in [-0.05, 0) is 36.4 Å². The molecule has 0 saturated heterocycles. The van der Waals surface area contributed by atoms with E-state index in [1.54, 1.807) is 0 Å². The van der Waals surface area contributed by atoms with E-state index in [2.05, 4.69) is 31.2 Å². The summed E-state index contributed by atoms with van der Waals surface area (Å²) in [4.78, 5) is 8.57. The van der Waals surface area contributed by atoms with E-state index in [1.807, 2.05) is 42.5 Å². The zero-order chi connectivity index (χ0) is 15.4. The van der Waals surface area contributed by atoms with Crippen molar-refractivity contribution < 1.29 is 9.84 Å². The molecule has 0 spiro atoms. The summed E-state index contributed by atoms with van der Waals surface area (Å²) in [6.07, 6.45) is 1.52. The van der Waals surface area contributed by atoms with Gasteiger partial charge in [0.05, 0.1) is 12.1 Å². The van der Waals surface area contributed by atoms with Crippen LogP contribution in [0.1, 0.15) is 0 Å². The molecule has 3 rings (SSSR count). The van der Waals surface area contributed by atoms with Gasteiger partial charge >= 0.3 is 0 Å². The Labute approximate surface area is 136 Å². The zero-order valence-corrected chi connectivity index (χ0v) is 13.2. The van der Waals surface area contributed by atoms with Gasteiger partial charge in [-0.15, -0.1) is 0 Å². The third-order valence-corrected chi connectivity index (χ3v) is 3.55. The van der Waals surface area contributed by atoms with Crippen LogP contribution < -0.4 is 10.1 Å². The van der Waals surface area contributed by atoms with Crippen molar-refractivity contribution in [3.05, 3.63) is 53.3 Å². The van der Waals surface area contributed by atoms with Crippen molar-refractivity contribution in [3.63, 3.8) is 0 Å². The van der Waals surface area contributed by atoms with Crippen molar-refractivity contribution in [2.45, 2.75) is 0 Å². The number of aliphatic hydroxyl groups excluding tert-OH is 1. The van der Waals surface area contributed by atoms with Gasteiger partial charge in [-0.3, -0.25) is 0 Å². The molecule has 0 aliphatic carbocycles. The monoisotopic (exact) mass is 359 g/mol. The number of benzene rings is 2. The average Bonchev–Trinajstić information content (AvgIpc) is 2.53. The van der Waals surface area contributed by atoms with Crippen LogP contribution in [0.2, 0.25) is 0 Å². The molecule has 0 aliphatic heterocycles. The van der Waals surface area contributed by atoms with E-state index in [4.69, 9.17) is 9.84 Å². The minimum Gasteiger partial charge on any atom is -0.491 e. The number of aliphatic hydroxyl groups is 1. The van der Waals surface area contributed by atoms with Crippen molar-refractivity contribution in [2.75, 3.05) is 18.5 Å². The molecule has 3 aromatic rings. The predicted molar refractivity (Wildman–Crippen MR) is 89.5 cm³/mol. The van der Waals surface area contributed by atoms with Crippen LogP contribution in [0, 0.1) is 0 Å². The third kappa shape index (κ3) is 3.35. The van der Waals surface area contributed by atoms with E-state index in [-0.39, 0.29) is 13.2 Å². The van der Waals surface area contributed by atoms with Gasteiger partial charge in [-0.2, -0.15) is 0 Å². The number of anilines is 2. The van der Waals surface area contributed by atoms with Crippen LogP contribution in [0.25, 0.3) is 10.9 Å². The SMILES string of the molecule is OCCOc1ccc2ncnc(Nc3cccc(Br)c3)c2c1. The Morgan fingerprint density at radius 1 is 1.14 bits per heavy atom. The van der Waals surface area contributed by atoms with Gasteiger partial charge in [0.15, 0.2) is 0 Å². The minimum absolute atomic E-state index is 0.0214. The molecule has 0 saturated carbocycles. The number of nitrogens with zero attached hydrogens (tertiary/aromatic N) is 2. The van der Waals surface area contributed by atoms with Gasteiger partial charge in [0.1, 0.15) is 24.5 Å². The molecule has 0 fully saturated rings. The highest BCUT2D eigenvalue weighted by Crippen LogP contribution is 2.27. The molecule has 6 heteroatoms. The summed E-state index contributed by atoms with van der Waals surface area (Å²) in [5.41, 5.74) is 1.75. The van der Waals surface area contributed by atoms with E-state index in [9.17, 15) is 0 Å². The first-order valence-electron chi connectivity index (χ1n) is 6.77. The van der Waals surface area contributed by atoms with E-state index in [0.717, 1.165) is 21.1 Å². The van der Waals surface area contributed by atoms with Crippen molar-refractivity contribution in [1.82, 2.24) is 9.97 Å². The second-order valence-corrected chi connectivity index (χ2v) is 5.52. The Balaban J connectivity index is 1.97. The molecule has 1 heterocycles. The number of hydrogen-bond donors (Lipinski definition) is 2. The van der Waals surface area contributed by atoms with Crippen LogP contribution in [0.4, 0.5) is 11.5 Å². The largest absolute Gasteiger partial charge is 0.491 e. The average molecular weight is 360 g/mol. The number of ether oxygens (including phenoxy) is 1. The maximum Gasteiger partial charge on any atom is 0.141 e. The maximum atomic E-state index is 8.85. The van der Waals surface area contributed by atoms with Crippen molar-refractivity contribution in [1.29, 1.82) is 0 Å². The topological polar surface area (TPSA) is 67.3 Å². The number of halogens is 1. The van der Waals surface area contributed by atoms with Gasteiger partial charge < -0.3 is 15.2 Å². The summed E-state index contributed by atoms with van der Waals surface area (Å²) in [6, 6.07) is 13.4. The lowest BCUT2D eigenvalue weighted by Gasteiger charge is -2.10. The number of nitrogens with one attached hydrogen (secondary N) is 1. The maximum absolute atomic E-state index is 8.85. The molecule has 0 radical (unpaired) electrons. The second-order valence-electron chi connectivity index (χ2n) is 4.61. The van der Waals surface area contributed by atoms with Gasteiger partial charge in [0.2, 0.25) is 0 Å². The smallest absolute Gasteiger partial charge is 0.141 e. The first-order valence-corrected chi connectivity index (χ1v) is 7.56. The van der Waals surface area contributed by atoms with Crippen LogP contribution in [-0.2, 0) is 0 Å². The van der Waals surface area contributed by atoms with Gasteiger partial charge in [0, 0.05) is 15.5 Å².